The van der Waals surface area contributed by atoms with Crippen LogP contribution in [0.1, 0.15) is 22.3 Å². The van der Waals surface area contributed by atoms with Gasteiger partial charge in [0.15, 0.2) is 17.5 Å². The molecular weight excluding hydrogens is 453 g/mol. The number of benzene rings is 2. The van der Waals surface area contributed by atoms with Crippen molar-refractivity contribution >= 4 is 29.9 Å². The highest BCUT2D eigenvalue weighted by atomic mass is 127. The van der Waals surface area contributed by atoms with Crippen LogP contribution < -0.4 is 20.1 Å². The lowest BCUT2D eigenvalue weighted by Crippen LogP contribution is -2.38. The first-order valence-electron chi connectivity index (χ1n) is 8.79. The second kappa shape index (κ2) is 11.7. The van der Waals surface area contributed by atoms with Gasteiger partial charge in [-0.05, 0) is 49.1 Å². The number of methoxy groups -OCH3 is 2. The van der Waals surface area contributed by atoms with Crippen LogP contribution in [-0.2, 0) is 13.0 Å². The van der Waals surface area contributed by atoms with E-state index in [-0.39, 0.29) is 24.0 Å². The number of halogens is 1. The first-order valence-corrected chi connectivity index (χ1v) is 8.79. The van der Waals surface area contributed by atoms with E-state index in [9.17, 15) is 0 Å². The summed E-state index contributed by atoms with van der Waals surface area (Å²) in [5.41, 5.74) is 5.03. The average Bonchev–Trinajstić information content (AvgIpc) is 2.65. The molecule has 0 aliphatic heterocycles. The predicted molar refractivity (Wildman–Crippen MR) is 123 cm³/mol. The molecule has 0 aliphatic rings. The number of ether oxygens (including phenoxy) is 2. The Morgan fingerprint density at radius 2 is 1.70 bits per heavy atom. The van der Waals surface area contributed by atoms with E-state index in [0.29, 0.717) is 0 Å². The Kier molecular flexibility index (Phi) is 9.99. The molecule has 2 aromatic rings. The molecule has 6 heteroatoms. The van der Waals surface area contributed by atoms with Crippen molar-refractivity contribution in [1.29, 1.82) is 0 Å². The maximum Gasteiger partial charge on any atom is 0.191 e. The minimum atomic E-state index is 0. The molecule has 0 saturated carbocycles. The van der Waals surface area contributed by atoms with E-state index < -0.39 is 0 Å². The third kappa shape index (κ3) is 6.93. The van der Waals surface area contributed by atoms with E-state index in [1.54, 1.807) is 21.3 Å². The molecule has 0 unspecified atom stereocenters. The number of hydrogen-bond donors (Lipinski definition) is 2. The SMILES string of the molecule is CN=C(NCCc1ccc(OC)c(OC)c1)NCc1ccc(C)cc1C.I. The number of nitrogens with zero attached hydrogens (tertiary/aromatic N) is 1. The zero-order valence-electron chi connectivity index (χ0n) is 16.8. The van der Waals surface area contributed by atoms with Crippen molar-refractivity contribution in [3.63, 3.8) is 0 Å². The summed E-state index contributed by atoms with van der Waals surface area (Å²) < 4.78 is 10.6. The Morgan fingerprint density at radius 1 is 0.963 bits per heavy atom. The van der Waals surface area contributed by atoms with Gasteiger partial charge in [0.25, 0.3) is 0 Å². The molecule has 0 aliphatic carbocycles. The Bertz CT molecular complexity index is 763. The van der Waals surface area contributed by atoms with Gasteiger partial charge in [-0.15, -0.1) is 24.0 Å². The van der Waals surface area contributed by atoms with E-state index >= 15 is 0 Å². The van der Waals surface area contributed by atoms with Gasteiger partial charge in [0.1, 0.15) is 0 Å². The molecule has 0 bridgehead atoms. The lowest BCUT2D eigenvalue weighted by molar-refractivity contribution is 0.354. The molecule has 0 fully saturated rings. The van der Waals surface area contributed by atoms with Crippen molar-refractivity contribution in [2.45, 2.75) is 26.8 Å². The molecule has 0 amide bonds. The maximum absolute atomic E-state index is 5.35. The Labute approximate surface area is 179 Å². The zero-order chi connectivity index (χ0) is 18.9. The number of hydrogen-bond acceptors (Lipinski definition) is 3. The number of aliphatic imine (C=N–C) groups is 1. The molecule has 0 aromatic heterocycles. The third-order valence-corrected chi connectivity index (χ3v) is 4.32. The second-order valence-electron chi connectivity index (χ2n) is 6.22. The molecule has 2 rings (SSSR count). The molecule has 148 valence electrons. The summed E-state index contributed by atoms with van der Waals surface area (Å²) in [7, 11) is 5.08. The quantitative estimate of drug-likeness (QED) is 0.357. The maximum atomic E-state index is 5.35. The molecule has 27 heavy (non-hydrogen) atoms. The van der Waals surface area contributed by atoms with Gasteiger partial charge in [-0.2, -0.15) is 0 Å². The smallest absolute Gasteiger partial charge is 0.191 e. The lowest BCUT2D eigenvalue weighted by Gasteiger charge is -2.14. The van der Waals surface area contributed by atoms with Gasteiger partial charge in [-0.1, -0.05) is 29.8 Å². The van der Waals surface area contributed by atoms with Crippen LogP contribution >= 0.6 is 24.0 Å². The fraction of sp³-hybridized carbons (Fsp3) is 0.381. The van der Waals surface area contributed by atoms with E-state index in [1.165, 1.54) is 22.3 Å². The van der Waals surface area contributed by atoms with Gasteiger partial charge >= 0.3 is 0 Å². The first-order chi connectivity index (χ1) is 12.6. The second-order valence-corrected chi connectivity index (χ2v) is 6.22. The molecule has 2 aromatic carbocycles. The van der Waals surface area contributed by atoms with Crippen molar-refractivity contribution in [2.24, 2.45) is 4.99 Å². The zero-order valence-corrected chi connectivity index (χ0v) is 19.1. The summed E-state index contributed by atoms with van der Waals surface area (Å²) in [6.07, 6.45) is 0.866. The van der Waals surface area contributed by atoms with Crippen LogP contribution in [0.15, 0.2) is 41.4 Å². The Morgan fingerprint density at radius 3 is 2.33 bits per heavy atom. The number of guanidine groups is 1. The molecular formula is C21H30IN3O2. The summed E-state index contributed by atoms with van der Waals surface area (Å²) in [6.45, 7) is 5.78. The van der Waals surface area contributed by atoms with Crippen molar-refractivity contribution in [2.75, 3.05) is 27.8 Å². The fourth-order valence-electron chi connectivity index (χ4n) is 2.81. The van der Waals surface area contributed by atoms with Gasteiger partial charge < -0.3 is 20.1 Å². The predicted octanol–water partition coefficient (Wildman–Crippen LogP) is 3.85. The van der Waals surface area contributed by atoms with Crippen molar-refractivity contribution < 1.29 is 9.47 Å². The standard InChI is InChI=1S/C21H29N3O2.HI/c1-15-6-8-18(16(2)12-15)14-24-21(22-3)23-11-10-17-7-9-19(25-4)20(13-17)26-5;/h6-9,12-13H,10-11,14H2,1-5H3,(H2,22,23,24);1H. The van der Waals surface area contributed by atoms with Crippen LogP contribution in [0.3, 0.4) is 0 Å². The van der Waals surface area contributed by atoms with E-state index in [0.717, 1.165) is 37.0 Å². The monoisotopic (exact) mass is 483 g/mol. The minimum absolute atomic E-state index is 0. The highest BCUT2D eigenvalue weighted by Crippen LogP contribution is 2.27. The van der Waals surface area contributed by atoms with E-state index in [1.807, 2.05) is 12.1 Å². The van der Waals surface area contributed by atoms with Crippen LogP contribution in [0, 0.1) is 13.8 Å². The normalized spacial score (nSPS) is 10.8. The van der Waals surface area contributed by atoms with Crippen molar-refractivity contribution in [1.82, 2.24) is 10.6 Å². The van der Waals surface area contributed by atoms with Crippen molar-refractivity contribution in [3.05, 3.63) is 58.7 Å². The highest BCUT2D eigenvalue weighted by molar-refractivity contribution is 14.0. The van der Waals surface area contributed by atoms with E-state index in [4.69, 9.17) is 9.47 Å². The summed E-state index contributed by atoms with van der Waals surface area (Å²) >= 11 is 0. The van der Waals surface area contributed by atoms with Gasteiger partial charge in [0, 0.05) is 20.1 Å². The first kappa shape index (κ1) is 23.1. The Balaban J connectivity index is 0.00000364. The van der Waals surface area contributed by atoms with Gasteiger partial charge in [-0.3, -0.25) is 4.99 Å². The lowest BCUT2D eigenvalue weighted by atomic mass is 10.1. The van der Waals surface area contributed by atoms with Crippen molar-refractivity contribution in [3.8, 4) is 11.5 Å². The molecule has 5 nitrogen and oxygen atoms in total. The number of rotatable bonds is 7. The largest absolute Gasteiger partial charge is 0.493 e. The average molecular weight is 483 g/mol. The third-order valence-electron chi connectivity index (χ3n) is 4.32. The fourth-order valence-corrected chi connectivity index (χ4v) is 2.81. The van der Waals surface area contributed by atoms with Gasteiger partial charge in [0.05, 0.1) is 14.2 Å². The molecule has 0 atom stereocenters. The Hall–Kier alpha value is -1.96. The minimum Gasteiger partial charge on any atom is -0.493 e. The van der Waals surface area contributed by atoms with Crippen LogP contribution in [0.5, 0.6) is 11.5 Å². The van der Waals surface area contributed by atoms with E-state index in [2.05, 4.69) is 53.7 Å². The van der Waals surface area contributed by atoms with Crippen LogP contribution in [0.25, 0.3) is 0 Å². The molecule has 0 radical (unpaired) electrons. The topological polar surface area (TPSA) is 54.9 Å². The molecule has 2 N–H and O–H groups in total. The number of nitrogens with one attached hydrogen (secondary N) is 2. The van der Waals surface area contributed by atoms with Crippen LogP contribution in [-0.4, -0.2) is 33.8 Å². The summed E-state index contributed by atoms with van der Waals surface area (Å²) in [5, 5.41) is 6.72. The summed E-state index contributed by atoms with van der Waals surface area (Å²) in [5.74, 6) is 2.29. The molecule has 0 heterocycles. The van der Waals surface area contributed by atoms with Gasteiger partial charge in [-0.25, -0.2) is 0 Å². The molecule has 0 saturated heterocycles. The number of aryl methyl sites for hydroxylation is 2. The van der Waals surface area contributed by atoms with Crippen LogP contribution in [0.2, 0.25) is 0 Å². The van der Waals surface area contributed by atoms with Gasteiger partial charge in [0.2, 0.25) is 0 Å². The summed E-state index contributed by atoms with van der Waals surface area (Å²) in [6, 6.07) is 12.5. The summed E-state index contributed by atoms with van der Waals surface area (Å²) in [4.78, 5) is 4.29. The highest BCUT2D eigenvalue weighted by Gasteiger charge is 2.05. The van der Waals surface area contributed by atoms with Crippen LogP contribution in [0.4, 0.5) is 0 Å². The molecule has 0 spiro atoms.